The number of nitro groups is 1. The van der Waals surface area contributed by atoms with Gasteiger partial charge in [0.2, 0.25) is 0 Å². The monoisotopic (exact) mass is 611 g/mol. The van der Waals surface area contributed by atoms with Crippen LogP contribution in [0.5, 0.6) is 0 Å². The third-order valence-corrected chi connectivity index (χ3v) is 26.6. The van der Waals surface area contributed by atoms with Crippen LogP contribution in [0.2, 0.25) is 18.6 Å². The van der Waals surface area contributed by atoms with Crippen molar-refractivity contribution in [2.24, 2.45) is 0 Å². The van der Waals surface area contributed by atoms with Crippen LogP contribution in [-0.2, 0) is 0 Å². The van der Waals surface area contributed by atoms with Crippen LogP contribution in [0.4, 0.5) is 5.69 Å². The molecule has 176 valence electrons. The molecule has 0 fully saturated rings. The first-order chi connectivity index (χ1) is 15.6. The van der Waals surface area contributed by atoms with Gasteiger partial charge >= 0.3 is 207 Å². The van der Waals surface area contributed by atoms with Gasteiger partial charge in [0.05, 0.1) is 0 Å². The van der Waals surface area contributed by atoms with E-state index in [9.17, 15) is 10.1 Å². The van der Waals surface area contributed by atoms with Gasteiger partial charge in [0.15, 0.2) is 0 Å². The zero-order valence-corrected chi connectivity index (χ0v) is 24.8. The van der Waals surface area contributed by atoms with Crippen molar-refractivity contribution in [2.75, 3.05) is 0 Å². The summed E-state index contributed by atoms with van der Waals surface area (Å²) in [5.74, 6) is 0. The average molecular weight is 609 g/mol. The van der Waals surface area contributed by atoms with E-state index < -0.39 is 18.4 Å². The van der Waals surface area contributed by atoms with Crippen molar-refractivity contribution in [1.29, 1.82) is 0 Å². The van der Waals surface area contributed by atoms with Crippen LogP contribution in [-0.4, -0.2) is 38.3 Å². The fraction of sp³-hybridized carbons (Fsp3) is 0.556. The van der Waals surface area contributed by atoms with Crippen molar-refractivity contribution in [1.82, 2.24) is 0 Å². The van der Waals surface area contributed by atoms with E-state index >= 15 is 0 Å². The van der Waals surface area contributed by atoms with Crippen LogP contribution in [0.3, 0.4) is 0 Å². The first-order valence-electron chi connectivity index (χ1n) is 12.5. The van der Waals surface area contributed by atoms with Crippen molar-refractivity contribution in [3.63, 3.8) is 0 Å². The van der Waals surface area contributed by atoms with Crippen molar-refractivity contribution >= 4 is 43.5 Å². The van der Waals surface area contributed by atoms with E-state index in [-0.39, 0.29) is 19.9 Å². The summed E-state index contributed by atoms with van der Waals surface area (Å²) < 4.78 is 6.20. The fourth-order valence-corrected chi connectivity index (χ4v) is 27.4. The second-order valence-corrected chi connectivity index (χ2v) is 25.4. The Labute approximate surface area is 206 Å². The second-order valence-electron chi connectivity index (χ2n) is 9.00. The van der Waals surface area contributed by atoms with Crippen LogP contribution in [0, 0.1) is 10.1 Å². The number of hydrogen-bond donors (Lipinski definition) is 0. The van der Waals surface area contributed by atoms with Crippen LogP contribution in [0.1, 0.15) is 75.2 Å². The van der Waals surface area contributed by atoms with Crippen LogP contribution >= 0.6 is 0 Å². The Balaban J connectivity index is 2.33. The molecule has 0 radical (unpaired) electrons. The molecule has 5 heteroatoms. The number of nitrogens with zero attached hydrogens (tertiary/aromatic N) is 1. The molecule has 0 aliphatic carbocycles. The molecule has 3 nitrogen and oxygen atoms in total. The molecule has 0 aliphatic heterocycles. The van der Waals surface area contributed by atoms with Crippen molar-refractivity contribution in [3.05, 3.63) is 70.3 Å². The fourth-order valence-electron chi connectivity index (χ4n) is 5.01. The van der Waals surface area contributed by atoms with Crippen molar-refractivity contribution < 1.29 is 4.92 Å². The summed E-state index contributed by atoms with van der Waals surface area (Å²) in [7, 11) is 0. The average Bonchev–Trinajstić information content (AvgIpc) is 2.82. The van der Waals surface area contributed by atoms with E-state index in [1.54, 1.807) is 17.7 Å². The van der Waals surface area contributed by atoms with Crippen LogP contribution in [0.25, 0.3) is 0 Å². The Morgan fingerprint density at radius 1 is 0.844 bits per heavy atom. The summed E-state index contributed by atoms with van der Waals surface area (Å²) >= 11 is -2.33. The number of benzene rings is 2. The third-order valence-electron chi connectivity index (χ3n) is 6.75. The maximum absolute atomic E-state index is 11.5. The number of rotatable bonds is 16. The van der Waals surface area contributed by atoms with Gasteiger partial charge in [-0.3, -0.25) is 0 Å². The zero-order valence-electron chi connectivity index (χ0n) is 20.2. The molecule has 0 amide bonds. The molecular weight excluding hydrogens is 568 g/mol. The Bertz CT molecular complexity index is 777. The predicted octanol–water partition coefficient (Wildman–Crippen LogP) is 7.90. The van der Waals surface area contributed by atoms with Gasteiger partial charge in [-0.15, -0.1) is 0 Å². The summed E-state index contributed by atoms with van der Waals surface area (Å²) in [6, 6.07) is 18.7. The van der Waals surface area contributed by atoms with E-state index in [0.29, 0.717) is 5.69 Å². The SMILES string of the molecule is CCC[CH2][Sn]([CH2]CCC)([CH2]CCC)[CH](CC[Se]c1ccccc1[N+](=O)[O-])c1ccccc1. The quantitative estimate of drug-likeness (QED) is 0.110. The summed E-state index contributed by atoms with van der Waals surface area (Å²) in [4.78, 5) is 11.3. The number of unbranched alkanes of at least 4 members (excludes halogenated alkanes) is 3. The first kappa shape index (κ1) is 27.4. The summed E-state index contributed by atoms with van der Waals surface area (Å²) in [6.07, 6.45) is 9.21. The van der Waals surface area contributed by atoms with Gasteiger partial charge < -0.3 is 0 Å². The van der Waals surface area contributed by atoms with E-state index in [1.807, 2.05) is 12.1 Å². The molecule has 2 aromatic carbocycles. The van der Waals surface area contributed by atoms with Gasteiger partial charge in [-0.1, -0.05) is 0 Å². The van der Waals surface area contributed by atoms with Gasteiger partial charge in [-0.05, 0) is 0 Å². The maximum atomic E-state index is 11.5. The molecule has 0 bridgehead atoms. The molecule has 0 aliphatic rings. The molecule has 2 rings (SSSR count). The van der Waals surface area contributed by atoms with Gasteiger partial charge in [0.1, 0.15) is 0 Å². The van der Waals surface area contributed by atoms with Crippen molar-refractivity contribution in [3.8, 4) is 0 Å². The Morgan fingerprint density at radius 3 is 1.91 bits per heavy atom. The summed E-state index contributed by atoms with van der Waals surface area (Å²) in [5.41, 5.74) is 1.87. The molecule has 1 unspecified atom stereocenters. The molecule has 2 aromatic rings. The Morgan fingerprint density at radius 2 is 1.38 bits per heavy atom. The molecule has 0 saturated carbocycles. The van der Waals surface area contributed by atoms with E-state index in [2.05, 4.69) is 51.1 Å². The van der Waals surface area contributed by atoms with Gasteiger partial charge in [0, 0.05) is 0 Å². The topological polar surface area (TPSA) is 43.1 Å². The van der Waals surface area contributed by atoms with Crippen molar-refractivity contribution in [2.45, 2.75) is 88.3 Å². The third kappa shape index (κ3) is 8.18. The molecule has 0 N–H and O–H groups in total. The minimum atomic E-state index is -2.48. The molecular formula is C27H41NO2SeSn. The Hall–Kier alpha value is -0.842. The van der Waals surface area contributed by atoms with Gasteiger partial charge in [-0.25, -0.2) is 0 Å². The number of nitro benzene ring substituents is 1. The molecule has 0 heterocycles. The zero-order chi connectivity index (χ0) is 23.2. The number of para-hydroxylation sites is 1. The predicted molar refractivity (Wildman–Crippen MR) is 142 cm³/mol. The summed E-state index contributed by atoms with van der Waals surface area (Å²) in [5, 5.41) is 12.6. The van der Waals surface area contributed by atoms with Gasteiger partial charge in [-0.2, -0.15) is 0 Å². The molecule has 0 spiro atoms. The molecule has 0 aromatic heterocycles. The van der Waals surface area contributed by atoms with Crippen LogP contribution in [0.15, 0.2) is 54.6 Å². The molecule has 32 heavy (non-hydrogen) atoms. The van der Waals surface area contributed by atoms with Crippen LogP contribution < -0.4 is 4.46 Å². The van der Waals surface area contributed by atoms with Gasteiger partial charge in [0.25, 0.3) is 0 Å². The second kappa shape index (κ2) is 15.1. The molecule has 1 atom stereocenters. The molecule has 0 saturated heterocycles. The number of hydrogen-bond acceptors (Lipinski definition) is 2. The Kier molecular flexibility index (Phi) is 13.0. The normalized spacial score (nSPS) is 12.6. The summed E-state index contributed by atoms with van der Waals surface area (Å²) in [6.45, 7) is 7.02. The minimum absolute atomic E-state index is 0.147. The standard InChI is InChI=1S/C15H14NO2Se.3C4H9.Sn/c17-16(18)14-10-4-5-11-15(14)19-12-6-9-13-7-2-1-3-8-13;3*1-3-4-2;/h1-5,7-11H,6,12H2;3*1,3-4H2,2H3;. The first-order valence-corrected chi connectivity index (χ1v) is 22.3. The van der Waals surface area contributed by atoms with E-state index in [0.717, 1.165) is 13.7 Å². The van der Waals surface area contributed by atoms with E-state index in [4.69, 9.17) is 0 Å². The van der Waals surface area contributed by atoms with E-state index in [1.165, 1.54) is 58.3 Å².